The number of carbonyl (C=O) groups excluding carboxylic acids is 1. The first kappa shape index (κ1) is 12.9. The van der Waals surface area contributed by atoms with Crippen LogP contribution in [0, 0.1) is 0 Å². The predicted octanol–water partition coefficient (Wildman–Crippen LogP) is 1.57. The first-order valence-corrected chi connectivity index (χ1v) is 6.55. The lowest BCUT2D eigenvalue weighted by Gasteiger charge is -2.12. The van der Waals surface area contributed by atoms with Crippen molar-refractivity contribution in [1.82, 2.24) is 10.6 Å². The Labute approximate surface area is 108 Å². The molecule has 1 fully saturated rings. The fraction of sp³-hybridized carbons (Fsp3) is 0.500. The normalized spacial score (nSPS) is 18.6. The van der Waals surface area contributed by atoms with E-state index >= 15 is 0 Å². The minimum absolute atomic E-state index is 0.0223. The van der Waals surface area contributed by atoms with Gasteiger partial charge < -0.3 is 15.4 Å². The molecule has 98 valence electrons. The van der Waals surface area contributed by atoms with Crippen molar-refractivity contribution in [2.75, 3.05) is 19.6 Å². The van der Waals surface area contributed by atoms with Gasteiger partial charge in [-0.3, -0.25) is 4.79 Å². The molecule has 0 aromatic heterocycles. The minimum atomic E-state index is -0.0223. The van der Waals surface area contributed by atoms with E-state index in [9.17, 15) is 4.79 Å². The van der Waals surface area contributed by atoms with Gasteiger partial charge in [-0.05, 0) is 43.7 Å². The van der Waals surface area contributed by atoms with Gasteiger partial charge in [0.25, 0.3) is 5.91 Å². The SMILES string of the molecule is CCCNC(=O)c1ccc(OC2CCNC2)cc1. The highest BCUT2D eigenvalue weighted by molar-refractivity contribution is 5.94. The average Bonchev–Trinajstić information content (AvgIpc) is 2.89. The second-order valence-corrected chi connectivity index (χ2v) is 4.51. The predicted molar refractivity (Wildman–Crippen MR) is 71.0 cm³/mol. The molecule has 4 nitrogen and oxygen atoms in total. The summed E-state index contributed by atoms with van der Waals surface area (Å²) in [5.74, 6) is 0.807. The minimum Gasteiger partial charge on any atom is -0.489 e. The summed E-state index contributed by atoms with van der Waals surface area (Å²) >= 11 is 0. The summed E-state index contributed by atoms with van der Waals surface area (Å²) in [5, 5.41) is 6.11. The average molecular weight is 248 g/mol. The number of carbonyl (C=O) groups is 1. The standard InChI is InChI=1S/C14H20N2O2/c1-2-8-16-14(17)11-3-5-12(6-4-11)18-13-7-9-15-10-13/h3-6,13,15H,2,7-10H2,1H3,(H,16,17). The number of benzene rings is 1. The molecule has 1 aliphatic heterocycles. The maximum Gasteiger partial charge on any atom is 0.251 e. The van der Waals surface area contributed by atoms with Crippen LogP contribution in [0.1, 0.15) is 30.1 Å². The van der Waals surface area contributed by atoms with E-state index in [1.165, 1.54) is 0 Å². The van der Waals surface area contributed by atoms with E-state index in [2.05, 4.69) is 10.6 Å². The lowest BCUT2D eigenvalue weighted by Crippen LogP contribution is -2.24. The van der Waals surface area contributed by atoms with E-state index < -0.39 is 0 Å². The molecule has 4 heteroatoms. The van der Waals surface area contributed by atoms with Crippen LogP contribution in [0.15, 0.2) is 24.3 Å². The first-order valence-electron chi connectivity index (χ1n) is 6.55. The molecule has 18 heavy (non-hydrogen) atoms. The molecular formula is C14H20N2O2. The van der Waals surface area contributed by atoms with Gasteiger partial charge in [0.05, 0.1) is 0 Å². The zero-order valence-electron chi connectivity index (χ0n) is 10.7. The molecule has 1 aromatic carbocycles. The van der Waals surface area contributed by atoms with Gasteiger partial charge in [-0.25, -0.2) is 0 Å². The number of rotatable bonds is 5. The quantitative estimate of drug-likeness (QED) is 0.831. The zero-order chi connectivity index (χ0) is 12.8. The Morgan fingerprint density at radius 2 is 2.22 bits per heavy atom. The van der Waals surface area contributed by atoms with Crippen LogP contribution in [0.25, 0.3) is 0 Å². The Kier molecular flexibility index (Phi) is 4.59. The maximum absolute atomic E-state index is 11.7. The summed E-state index contributed by atoms with van der Waals surface area (Å²) in [6, 6.07) is 7.34. The molecule has 1 unspecified atom stereocenters. The van der Waals surface area contributed by atoms with Crippen molar-refractivity contribution in [2.45, 2.75) is 25.9 Å². The number of hydrogen-bond donors (Lipinski definition) is 2. The summed E-state index contributed by atoms with van der Waals surface area (Å²) < 4.78 is 5.80. The van der Waals surface area contributed by atoms with Crippen molar-refractivity contribution in [3.63, 3.8) is 0 Å². The Bertz CT molecular complexity index is 383. The number of amides is 1. The van der Waals surface area contributed by atoms with Gasteiger partial charge in [0.2, 0.25) is 0 Å². The Hall–Kier alpha value is -1.55. The van der Waals surface area contributed by atoms with E-state index in [-0.39, 0.29) is 12.0 Å². The fourth-order valence-corrected chi connectivity index (χ4v) is 1.95. The van der Waals surface area contributed by atoms with E-state index in [4.69, 9.17) is 4.74 Å². The van der Waals surface area contributed by atoms with Gasteiger partial charge in [-0.1, -0.05) is 6.92 Å². The molecule has 1 saturated heterocycles. The first-order chi connectivity index (χ1) is 8.79. The number of nitrogens with one attached hydrogen (secondary N) is 2. The van der Waals surface area contributed by atoms with Crippen LogP contribution in [-0.2, 0) is 0 Å². The summed E-state index contributed by atoms with van der Waals surface area (Å²) in [6.07, 6.45) is 2.24. The molecule has 1 amide bonds. The number of hydrogen-bond acceptors (Lipinski definition) is 3. The van der Waals surface area contributed by atoms with Gasteiger partial charge in [-0.15, -0.1) is 0 Å². The Balaban J connectivity index is 1.90. The van der Waals surface area contributed by atoms with Gasteiger partial charge in [0.1, 0.15) is 11.9 Å². The van der Waals surface area contributed by atoms with Gasteiger partial charge >= 0.3 is 0 Å². The van der Waals surface area contributed by atoms with Crippen molar-refractivity contribution in [2.24, 2.45) is 0 Å². The monoisotopic (exact) mass is 248 g/mol. The molecule has 1 heterocycles. The molecule has 1 aromatic rings. The summed E-state index contributed by atoms with van der Waals surface area (Å²) in [4.78, 5) is 11.7. The molecule has 2 N–H and O–H groups in total. The molecule has 0 spiro atoms. The second kappa shape index (κ2) is 6.40. The lowest BCUT2D eigenvalue weighted by molar-refractivity contribution is 0.0953. The van der Waals surface area contributed by atoms with Crippen LogP contribution >= 0.6 is 0 Å². The molecule has 1 atom stereocenters. The highest BCUT2D eigenvalue weighted by Crippen LogP contribution is 2.16. The van der Waals surface area contributed by atoms with Gasteiger partial charge in [0.15, 0.2) is 0 Å². The maximum atomic E-state index is 11.7. The fourth-order valence-electron chi connectivity index (χ4n) is 1.95. The Morgan fingerprint density at radius 1 is 1.44 bits per heavy atom. The van der Waals surface area contributed by atoms with Crippen LogP contribution in [0.4, 0.5) is 0 Å². The molecule has 0 radical (unpaired) electrons. The summed E-state index contributed by atoms with van der Waals surface area (Å²) in [5.41, 5.74) is 0.681. The molecular weight excluding hydrogens is 228 g/mol. The highest BCUT2D eigenvalue weighted by atomic mass is 16.5. The van der Waals surface area contributed by atoms with Crippen LogP contribution < -0.4 is 15.4 Å². The van der Waals surface area contributed by atoms with Crippen molar-refractivity contribution in [3.8, 4) is 5.75 Å². The third kappa shape index (κ3) is 3.47. The van der Waals surface area contributed by atoms with E-state index in [0.717, 1.165) is 31.7 Å². The van der Waals surface area contributed by atoms with E-state index in [1.807, 2.05) is 31.2 Å². The van der Waals surface area contributed by atoms with Crippen LogP contribution in [-0.4, -0.2) is 31.6 Å². The summed E-state index contributed by atoms with van der Waals surface area (Å²) in [7, 11) is 0. The van der Waals surface area contributed by atoms with Crippen molar-refractivity contribution in [1.29, 1.82) is 0 Å². The number of ether oxygens (including phenoxy) is 1. The van der Waals surface area contributed by atoms with E-state index in [1.54, 1.807) is 0 Å². The molecule has 0 aliphatic carbocycles. The van der Waals surface area contributed by atoms with Crippen LogP contribution in [0.2, 0.25) is 0 Å². The van der Waals surface area contributed by atoms with Crippen LogP contribution in [0.5, 0.6) is 5.75 Å². The van der Waals surface area contributed by atoms with Gasteiger partial charge in [-0.2, -0.15) is 0 Å². The largest absolute Gasteiger partial charge is 0.489 e. The molecule has 2 rings (SSSR count). The van der Waals surface area contributed by atoms with Crippen molar-refractivity contribution in [3.05, 3.63) is 29.8 Å². The zero-order valence-corrected chi connectivity index (χ0v) is 10.7. The van der Waals surface area contributed by atoms with Crippen molar-refractivity contribution < 1.29 is 9.53 Å². The molecule has 0 saturated carbocycles. The van der Waals surface area contributed by atoms with Crippen molar-refractivity contribution >= 4 is 5.91 Å². The van der Waals surface area contributed by atoms with Gasteiger partial charge in [0, 0.05) is 18.7 Å². The smallest absolute Gasteiger partial charge is 0.251 e. The Morgan fingerprint density at radius 3 is 2.83 bits per heavy atom. The van der Waals surface area contributed by atoms with Crippen LogP contribution in [0.3, 0.4) is 0 Å². The third-order valence-corrected chi connectivity index (χ3v) is 2.97. The topological polar surface area (TPSA) is 50.4 Å². The molecule has 0 bridgehead atoms. The highest BCUT2D eigenvalue weighted by Gasteiger charge is 2.15. The summed E-state index contributed by atoms with van der Waals surface area (Å²) in [6.45, 7) is 4.67. The van der Waals surface area contributed by atoms with E-state index in [0.29, 0.717) is 12.1 Å². The second-order valence-electron chi connectivity index (χ2n) is 4.51. The molecule has 1 aliphatic rings. The third-order valence-electron chi connectivity index (χ3n) is 2.97. The lowest BCUT2D eigenvalue weighted by atomic mass is 10.2.